The van der Waals surface area contributed by atoms with Gasteiger partial charge in [0.05, 0.1) is 37.2 Å². The highest BCUT2D eigenvalue weighted by molar-refractivity contribution is 5.85. The Hall–Kier alpha value is -3.17. The first-order chi connectivity index (χ1) is 15.7. The number of hydrogen-bond donors (Lipinski definition) is 1. The second-order valence-electron chi connectivity index (χ2n) is 8.66. The molecule has 1 N–H and O–H groups in total. The highest BCUT2D eigenvalue weighted by Gasteiger charge is 2.25. The zero-order valence-corrected chi connectivity index (χ0v) is 19.1. The van der Waals surface area contributed by atoms with E-state index in [2.05, 4.69) is 20.3 Å². The summed E-state index contributed by atoms with van der Waals surface area (Å²) in [6, 6.07) is 3.60. The number of rotatable bonds is 7. The monoisotopic (exact) mass is 460 g/mol. The number of methoxy groups -OCH3 is 1. The van der Waals surface area contributed by atoms with E-state index >= 15 is 0 Å². The van der Waals surface area contributed by atoms with Gasteiger partial charge in [0, 0.05) is 5.57 Å². The first-order valence-corrected chi connectivity index (χ1v) is 10.9. The van der Waals surface area contributed by atoms with E-state index in [9.17, 15) is 13.2 Å². The number of hydrogen-bond acceptors (Lipinski definition) is 6. The number of ether oxygens (including phenoxy) is 1. The van der Waals surface area contributed by atoms with E-state index in [4.69, 9.17) is 9.72 Å². The highest BCUT2D eigenvalue weighted by atomic mass is 19.3. The molecule has 176 valence electrons. The summed E-state index contributed by atoms with van der Waals surface area (Å²) in [5.41, 5.74) is 2.40. The molecule has 7 nitrogen and oxygen atoms in total. The van der Waals surface area contributed by atoms with Crippen molar-refractivity contribution >= 4 is 22.7 Å². The molecule has 33 heavy (non-hydrogen) atoms. The van der Waals surface area contributed by atoms with Crippen molar-refractivity contribution in [3.05, 3.63) is 41.0 Å². The molecule has 3 aromatic rings. The molecular weight excluding hydrogens is 433 g/mol. The lowest BCUT2D eigenvalue weighted by Gasteiger charge is -2.18. The van der Waals surface area contributed by atoms with Crippen molar-refractivity contribution < 1.29 is 17.9 Å². The summed E-state index contributed by atoms with van der Waals surface area (Å²) in [7, 11) is 1.52. The van der Waals surface area contributed by atoms with Crippen LogP contribution < -0.4 is 10.1 Å². The number of allylic oxidation sites excluding steroid dienone is 1. The molecule has 0 spiro atoms. The van der Waals surface area contributed by atoms with Gasteiger partial charge in [-0.05, 0) is 52.2 Å². The van der Waals surface area contributed by atoms with E-state index < -0.39 is 18.6 Å². The molecule has 0 atom stereocenters. The zero-order valence-electron chi connectivity index (χ0n) is 19.1. The Morgan fingerprint density at radius 3 is 2.67 bits per heavy atom. The summed E-state index contributed by atoms with van der Waals surface area (Å²) in [5, 5.41) is 2.94. The first-order valence-electron chi connectivity index (χ1n) is 10.9. The Balaban J connectivity index is 1.80. The number of nitrogens with one attached hydrogen (secondary N) is 1. The summed E-state index contributed by atoms with van der Waals surface area (Å²) < 4.78 is 47.3. The predicted molar refractivity (Wildman–Crippen MR) is 121 cm³/mol. The topological polar surface area (TPSA) is 77.8 Å². The predicted octanol–water partition coefficient (Wildman–Crippen LogP) is 4.73. The molecule has 0 saturated carbocycles. The molecule has 0 saturated heterocycles. The smallest absolute Gasteiger partial charge is 0.256 e. The van der Waals surface area contributed by atoms with Gasteiger partial charge in [0.1, 0.15) is 17.0 Å². The molecule has 4 rings (SSSR count). The number of aromatic nitrogens is 5. The number of imidazole rings is 1. The van der Waals surface area contributed by atoms with Crippen LogP contribution in [0, 0.1) is 6.92 Å². The van der Waals surface area contributed by atoms with Crippen LogP contribution in [0.2, 0.25) is 0 Å². The van der Waals surface area contributed by atoms with Crippen molar-refractivity contribution in [2.24, 2.45) is 0 Å². The molecule has 3 heterocycles. The second kappa shape index (κ2) is 8.99. The molecule has 0 aliphatic heterocycles. The van der Waals surface area contributed by atoms with Gasteiger partial charge in [0.15, 0.2) is 5.65 Å². The van der Waals surface area contributed by atoms with Crippen LogP contribution >= 0.6 is 0 Å². The molecule has 0 amide bonds. The zero-order chi connectivity index (χ0) is 23.8. The maximum atomic E-state index is 14.0. The van der Waals surface area contributed by atoms with Crippen molar-refractivity contribution in [3.63, 3.8) is 0 Å². The van der Waals surface area contributed by atoms with Gasteiger partial charge in [-0.25, -0.2) is 28.1 Å². The molecule has 3 aromatic heterocycles. The molecule has 1 aliphatic carbocycles. The first kappa shape index (κ1) is 23.0. The van der Waals surface area contributed by atoms with Gasteiger partial charge in [-0.1, -0.05) is 6.08 Å². The Kier molecular flexibility index (Phi) is 6.27. The van der Waals surface area contributed by atoms with Gasteiger partial charge in [0.25, 0.3) is 6.43 Å². The number of aryl methyl sites for hydroxylation is 2. The third-order valence-corrected chi connectivity index (χ3v) is 5.43. The fourth-order valence-corrected chi connectivity index (χ4v) is 3.92. The Morgan fingerprint density at radius 2 is 1.97 bits per heavy atom. The van der Waals surface area contributed by atoms with Crippen LogP contribution in [-0.4, -0.2) is 50.3 Å². The van der Waals surface area contributed by atoms with Crippen molar-refractivity contribution in [2.45, 2.75) is 58.7 Å². The lowest BCUT2D eigenvalue weighted by Crippen LogP contribution is -2.25. The highest BCUT2D eigenvalue weighted by Crippen LogP contribution is 2.36. The maximum absolute atomic E-state index is 14.0. The second-order valence-corrected chi connectivity index (χ2v) is 8.66. The summed E-state index contributed by atoms with van der Waals surface area (Å²) in [4.78, 5) is 18.1. The number of pyridine rings is 1. The van der Waals surface area contributed by atoms with Crippen LogP contribution in [0.5, 0.6) is 5.88 Å². The van der Waals surface area contributed by atoms with E-state index in [-0.39, 0.29) is 6.54 Å². The van der Waals surface area contributed by atoms with Crippen LogP contribution in [0.25, 0.3) is 16.7 Å². The molecule has 10 heteroatoms. The summed E-state index contributed by atoms with van der Waals surface area (Å²) in [6.45, 7) is 4.23. The third kappa shape index (κ3) is 4.94. The summed E-state index contributed by atoms with van der Waals surface area (Å²) in [5.74, 6) is 1.13. The van der Waals surface area contributed by atoms with Gasteiger partial charge in [-0.2, -0.15) is 4.98 Å². The van der Waals surface area contributed by atoms with E-state index in [1.165, 1.54) is 25.5 Å². The molecule has 1 aliphatic rings. The van der Waals surface area contributed by atoms with E-state index in [1.807, 2.05) is 12.1 Å². The molecule has 0 fully saturated rings. The van der Waals surface area contributed by atoms with Crippen LogP contribution in [0.1, 0.15) is 49.5 Å². The van der Waals surface area contributed by atoms with Gasteiger partial charge in [-0.3, -0.25) is 0 Å². The molecule has 0 radical (unpaired) electrons. The number of nitrogens with zero attached hydrogens (tertiary/aromatic N) is 5. The van der Waals surface area contributed by atoms with Crippen molar-refractivity contribution in [2.75, 3.05) is 19.0 Å². The average Bonchev–Trinajstić information content (AvgIpc) is 2.92. The largest absolute Gasteiger partial charge is 0.480 e. The normalized spacial score (nSPS) is 14.2. The Morgan fingerprint density at radius 1 is 1.18 bits per heavy atom. The van der Waals surface area contributed by atoms with Crippen molar-refractivity contribution in [1.29, 1.82) is 0 Å². The number of fused-ring (bicyclic) bond motifs is 2. The van der Waals surface area contributed by atoms with Gasteiger partial charge in [-0.15, -0.1) is 0 Å². The van der Waals surface area contributed by atoms with E-state index in [0.717, 1.165) is 24.1 Å². The van der Waals surface area contributed by atoms with E-state index in [1.54, 1.807) is 13.0 Å². The third-order valence-electron chi connectivity index (χ3n) is 5.43. The minimum Gasteiger partial charge on any atom is -0.480 e. The molecular formula is C23H27F3N6O. The Labute approximate surface area is 190 Å². The minimum absolute atomic E-state index is 0.0589. The van der Waals surface area contributed by atoms with Gasteiger partial charge in [0.2, 0.25) is 11.8 Å². The van der Waals surface area contributed by atoms with Crippen LogP contribution in [0.15, 0.2) is 18.2 Å². The average molecular weight is 461 g/mol. The molecule has 0 unspecified atom stereocenters. The van der Waals surface area contributed by atoms with Gasteiger partial charge < -0.3 is 14.6 Å². The van der Waals surface area contributed by atoms with Crippen LogP contribution in [0.4, 0.5) is 19.1 Å². The van der Waals surface area contributed by atoms with Crippen LogP contribution in [-0.2, 0) is 13.0 Å². The quantitative estimate of drug-likeness (QED) is 0.549. The van der Waals surface area contributed by atoms with Gasteiger partial charge >= 0.3 is 0 Å². The van der Waals surface area contributed by atoms with Crippen LogP contribution in [0.3, 0.4) is 0 Å². The lowest BCUT2D eigenvalue weighted by molar-refractivity contribution is 0.127. The fraction of sp³-hybridized carbons (Fsp3) is 0.478. The molecule has 0 aromatic carbocycles. The lowest BCUT2D eigenvalue weighted by atomic mass is 10.0. The maximum Gasteiger partial charge on any atom is 0.256 e. The minimum atomic E-state index is -2.52. The molecule has 0 bridgehead atoms. The summed E-state index contributed by atoms with van der Waals surface area (Å²) in [6.07, 6.45) is 1.86. The number of halogens is 3. The standard InChI is InChI=1S/C23H27F3N6O/c1-13-28-17-10-9-15(29-20(17)32(13)11-18(24)25)14-7-5-6-8-16-19(14)21(33-4)31-22(30-16)27-12-23(2,3)26/h7,9-10,18H,5-6,8,11-12H2,1-4H3,(H,27,30,31). The SMILES string of the molecule is COc1nc(NCC(C)(C)F)nc2c1C(c1ccc3nc(C)n(CC(F)F)c3n1)=CCCC2. The van der Waals surface area contributed by atoms with Crippen molar-refractivity contribution in [3.8, 4) is 5.88 Å². The van der Waals surface area contributed by atoms with E-state index in [0.29, 0.717) is 46.5 Å². The Bertz CT molecular complexity index is 1200. The summed E-state index contributed by atoms with van der Waals surface area (Å²) >= 11 is 0. The number of alkyl halides is 3. The van der Waals surface area contributed by atoms with Crippen molar-refractivity contribution in [1.82, 2.24) is 24.5 Å². The fourth-order valence-electron chi connectivity index (χ4n) is 3.92. The number of anilines is 1.